The first-order valence-electron chi connectivity index (χ1n) is 10.0. The minimum atomic E-state index is -4.54. The van der Waals surface area contributed by atoms with Crippen LogP contribution in [0.25, 0.3) is 0 Å². The van der Waals surface area contributed by atoms with E-state index in [9.17, 15) is 18.0 Å². The predicted molar refractivity (Wildman–Crippen MR) is 109 cm³/mol. The Morgan fingerprint density at radius 3 is 2.68 bits per heavy atom. The number of carbonyl (C=O) groups excluding carboxylic acids is 1. The number of hydrogen-bond acceptors (Lipinski definition) is 5. The number of rotatable bonds is 4. The van der Waals surface area contributed by atoms with Crippen LogP contribution in [0.1, 0.15) is 17.0 Å². The number of anilines is 1. The Hall–Kier alpha value is -2.46. The number of nitrogens with zero attached hydrogens (tertiary/aromatic N) is 4. The molecule has 4 rings (SSSR count). The molecule has 0 spiro atoms. The van der Waals surface area contributed by atoms with Gasteiger partial charge in [-0.1, -0.05) is 11.6 Å². The van der Waals surface area contributed by atoms with Gasteiger partial charge >= 0.3 is 6.18 Å². The molecule has 7 nitrogen and oxygen atoms in total. The van der Waals surface area contributed by atoms with Gasteiger partial charge in [0, 0.05) is 68.7 Å². The number of benzene rings is 1. The van der Waals surface area contributed by atoms with E-state index in [1.165, 1.54) is 4.68 Å². The summed E-state index contributed by atoms with van der Waals surface area (Å²) in [6, 6.07) is 5.51. The lowest BCUT2D eigenvalue weighted by Gasteiger charge is -2.36. The largest absolute Gasteiger partial charge is 0.495 e. The molecule has 0 unspecified atom stereocenters. The van der Waals surface area contributed by atoms with Crippen molar-refractivity contribution in [2.24, 2.45) is 0 Å². The molecule has 0 atom stereocenters. The average molecular weight is 458 g/mol. The van der Waals surface area contributed by atoms with Crippen molar-refractivity contribution in [1.82, 2.24) is 20.0 Å². The first-order chi connectivity index (χ1) is 14.8. The maximum absolute atomic E-state index is 13.3. The maximum Gasteiger partial charge on any atom is 0.435 e. The monoisotopic (exact) mass is 457 g/mol. The van der Waals surface area contributed by atoms with Crippen LogP contribution >= 0.6 is 11.6 Å². The Kier molecular flexibility index (Phi) is 6.02. The van der Waals surface area contributed by atoms with E-state index >= 15 is 0 Å². The number of hydrogen-bond donors (Lipinski definition) is 1. The van der Waals surface area contributed by atoms with Gasteiger partial charge in [-0.05, 0) is 12.1 Å². The number of aromatic nitrogens is 2. The molecule has 1 N–H and O–H groups in total. The molecule has 0 radical (unpaired) electrons. The van der Waals surface area contributed by atoms with Gasteiger partial charge in [0.05, 0.1) is 12.1 Å². The number of alkyl halides is 3. The summed E-state index contributed by atoms with van der Waals surface area (Å²) in [5, 5.41) is 7.22. The fourth-order valence-corrected chi connectivity index (χ4v) is 4.26. The Bertz CT molecular complexity index is 970. The standard InChI is InChI=1S/C20H23ClF3N5O2/c1-31-17-10-13(2-3-15(17)21)27-6-8-28(9-7-27)18(30)12-29-16-4-5-25-11-14(16)19(26-29)20(22,23)24/h2-3,10,25H,4-9,11-12H2,1H3. The second-order valence-corrected chi connectivity index (χ2v) is 7.95. The van der Waals surface area contributed by atoms with Crippen molar-refractivity contribution < 1.29 is 22.7 Å². The molecule has 1 saturated heterocycles. The van der Waals surface area contributed by atoms with Gasteiger partial charge in [0.25, 0.3) is 0 Å². The zero-order chi connectivity index (χ0) is 22.2. The SMILES string of the molecule is COc1cc(N2CCN(C(=O)Cn3nc(C(F)(F)F)c4c3CCNC4)CC2)ccc1Cl. The number of fused-ring (bicyclic) bond motifs is 1. The van der Waals surface area contributed by atoms with Crippen LogP contribution in [0.4, 0.5) is 18.9 Å². The molecule has 0 aliphatic carbocycles. The molecule has 1 amide bonds. The molecule has 168 valence electrons. The van der Waals surface area contributed by atoms with Crippen LogP contribution in [0.3, 0.4) is 0 Å². The lowest BCUT2D eigenvalue weighted by Crippen LogP contribution is -2.49. The molecular weight excluding hydrogens is 435 g/mol. The lowest BCUT2D eigenvalue weighted by atomic mass is 10.1. The Balaban J connectivity index is 1.43. The van der Waals surface area contributed by atoms with Crippen LogP contribution in [-0.4, -0.2) is 60.4 Å². The minimum Gasteiger partial charge on any atom is -0.495 e. The third-order valence-electron chi connectivity index (χ3n) is 5.69. The predicted octanol–water partition coefficient (Wildman–Crippen LogP) is 2.56. The molecular formula is C20H23ClF3N5O2. The molecule has 1 fully saturated rings. The number of carbonyl (C=O) groups is 1. The average Bonchev–Trinajstić information content (AvgIpc) is 3.13. The van der Waals surface area contributed by atoms with Gasteiger partial charge in [-0.3, -0.25) is 9.48 Å². The van der Waals surface area contributed by atoms with Crippen molar-refractivity contribution in [3.8, 4) is 5.75 Å². The van der Waals surface area contributed by atoms with Crippen LogP contribution < -0.4 is 15.0 Å². The lowest BCUT2D eigenvalue weighted by molar-refractivity contribution is -0.142. The third kappa shape index (κ3) is 4.45. The highest BCUT2D eigenvalue weighted by Crippen LogP contribution is 2.34. The third-order valence-corrected chi connectivity index (χ3v) is 6.00. The summed E-state index contributed by atoms with van der Waals surface area (Å²) in [7, 11) is 1.55. The molecule has 2 aliphatic heterocycles. The second kappa shape index (κ2) is 8.58. The Morgan fingerprint density at radius 2 is 2.00 bits per heavy atom. The fraction of sp³-hybridized carbons (Fsp3) is 0.500. The van der Waals surface area contributed by atoms with E-state index in [-0.39, 0.29) is 24.6 Å². The Labute approximate surface area is 182 Å². The van der Waals surface area contributed by atoms with Crippen LogP contribution in [0.5, 0.6) is 5.75 Å². The number of methoxy groups -OCH3 is 1. The van der Waals surface area contributed by atoms with Crippen LogP contribution in [0.2, 0.25) is 5.02 Å². The molecule has 1 aromatic carbocycles. The van der Waals surface area contributed by atoms with Crippen LogP contribution in [0.15, 0.2) is 18.2 Å². The number of piperazine rings is 1. The molecule has 31 heavy (non-hydrogen) atoms. The molecule has 0 saturated carbocycles. The van der Waals surface area contributed by atoms with E-state index in [1.807, 2.05) is 12.1 Å². The highest BCUT2D eigenvalue weighted by Gasteiger charge is 2.40. The topological polar surface area (TPSA) is 62.6 Å². The zero-order valence-electron chi connectivity index (χ0n) is 17.0. The molecule has 2 aromatic rings. The van der Waals surface area contributed by atoms with Gasteiger partial charge in [-0.25, -0.2) is 0 Å². The number of amides is 1. The summed E-state index contributed by atoms with van der Waals surface area (Å²) in [6.07, 6.45) is -4.12. The van der Waals surface area contributed by atoms with Gasteiger partial charge in [-0.2, -0.15) is 18.3 Å². The first kappa shape index (κ1) is 21.8. The molecule has 2 aliphatic rings. The van der Waals surface area contributed by atoms with Gasteiger partial charge < -0.3 is 19.9 Å². The summed E-state index contributed by atoms with van der Waals surface area (Å²) >= 11 is 6.08. The molecule has 1 aromatic heterocycles. The number of ether oxygens (including phenoxy) is 1. The van der Waals surface area contributed by atoms with E-state index in [4.69, 9.17) is 16.3 Å². The summed E-state index contributed by atoms with van der Waals surface area (Å²) in [4.78, 5) is 16.6. The highest BCUT2D eigenvalue weighted by atomic mass is 35.5. The van der Waals surface area contributed by atoms with E-state index < -0.39 is 11.9 Å². The van der Waals surface area contributed by atoms with E-state index in [1.54, 1.807) is 18.1 Å². The van der Waals surface area contributed by atoms with Gasteiger partial charge in [-0.15, -0.1) is 0 Å². The van der Waals surface area contributed by atoms with E-state index in [0.29, 0.717) is 55.6 Å². The summed E-state index contributed by atoms with van der Waals surface area (Å²) in [6.45, 7) is 2.64. The smallest absolute Gasteiger partial charge is 0.435 e. The zero-order valence-corrected chi connectivity index (χ0v) is 17.8. The number of halogens is 4. The van der Waals surface area contributed by atoms with Crippen molar-refractivity contribution in [3.05, 3.63) is 40.2 Å². The highest BCUT2D eigenvalue weighted by molar-refractivity contribution is 6.32. The molecule has 3 heterocycles. The van der Waals surface area contributed by atoms with Gasteiger partial charge in [0.2, 0.25) is 5.91 Å². The van der Waals surface area contributed by atoms with Crippen molar-refractivity contribution >= 4 is 23.2 Å². The van der Waals surface area contributed by atoms with Crippen molar-refractivity contribution in [3.63, 3.8) is 0 Å². The maximum atomic E-state index is 13.3. The number of nitrogens with one attached hydrogen (secondary N) is 1. The van der Waals surface area contributed by atoms with Gasteiger partial charge in [0.1, 0.15) is 12.3 Å². The normalized spacial score (nSPS) is 16.9. The van der Waals surface area contributed by atoms with Crippen molar-refractivity contribution in [2.75, 3.05) is 44.7 Å². The van der Waals surface area contributed by atoms with Gasteiger partial charge in [0.15, 0.2) is 5.69 Å². The summed E-state index contributed by atoms with van der Waals surface area (Å²) in [5.74, 6) is 0.349. The first-order valence-corrected chi connectivity index (χ1v) is 10.4. The van der Waals surface area contributed by atoms with Crippen LogP contribution in [0, 0.1) is 0 Å². The summed E-state index contributed by atoms with van der Waals surface area (Å²) < 4.78 is 46.5. The molecule has 11 heteroatoms. The Morgan fingerprint density at radius 1 is 1.26 bits per heavy atom. The van der Waals surface area contributed by atoms with Crippen LogP contribution in [-0.2, 0) is 30.5 Å². The fourth-order valence-electron chi connectivity index (χ4n) is 4.07. The summed E-state index contributed by atoms with van der Waals surface area (Å²) in [5.41, 5.74) is 0.681. The van der Waals surface area contributed by atoms with E-state index in [0.717, 1.165) is 5.69 Å². The van der Waals surface area contributed by atoms with Crippen molar-refractivity contribution in [1.29, 1.82) is 0 Å². The quantitative estimate of drug-likeness (QED) is 0.764. The molecule has 0 bridgehead atoms. The minimum absolute atomic E-state index is 0.113. The van der Waals surface area contributed by atoms with E-state index in [2.05, 4.69) is 15.3 Å². The second-order valence-electron chi connectivity index (χ2n) is 7.54. The van der Waals surface area contributed by atoms with Crippen molar-refractivity contribution in [2.45, 2.75) is 25.7 Å².